The van der Waals surface area contributed by atoms with Gasteiger partial charge in [0.1, 0.15) is 5.82 Å². The van der Waals surface area contributed by atoms with Crippen molar-refractivity contribution in [2.45, 2.75) is 18.0 Å². The molecular weight excluding hydrogens is 326 g/mol. The first-order chi connectivity index (χ1) is 11.3. The Labute approximate surface area is 135 Å². The fourth-order valence-corrected chi connectivity index (χ4v) is 2.63. The second-order valence-corrected chi connectivity index (χ2v) is 5.30. The van der Waals surface area contributed by atoms with E-state index >= 15 is 0 Å². The predicted molar refractivity (Wildman–Crippen MR) is 80.0 cm³/mol. The number of nitrogens with two attached hydrogens (primary N) is 1. The maximum absolute atomic E-state index is 14.0. The molecule has 2 atom stereocenters. The number of hydrogen-bond donors (Lipinski definition) is 2. The Morgan fingerprint density at radius 1 is 1.08 bits per heavy atom. The number of aliphatic carboxylic acids is 1. The molecule has 0 aliphatic carbocycles. The summed E-state index contributed by atoms with van der Waals surface area (Å²) in [5, 5.41) is 9.50. The SMILES string of the molecule is NCC(c1ccc(C(F)(F)F)cc1)C(C(=O)O)c1ccccc1F. The van der Waals surface area contributed by atoms with Crippen LogP contribution in [0.2, 0.25) is 0 Å². The molecule has 0 aromatic heterocycles. The van der Waals surface area contributed by atoms with Crippen LogP contribution in [-0.2, 0) is 11.0 Å². The van der Waals surface area contributed by atoms with Crippen molar-refractivity contribution in [2.75, 3.05) is 6.54 Å². The molecule has 7 heteroatoms. The van der Waals surface area contributed by atoms with E-state index in [4.69, 9.17) is 5.73 Å². The molecule has 0 saturated heterocycles. The monoisotopic (exact) mass is 341 g/mol. The van der Waals surface area contributed by atoms with Crippen LogP contribution in [0.5, 0.6) is 0 Å². The number of carbonyl (C=O) groups is 1. The van der Waals surface area contributed by atoms with Crippen molar-refractivity contribution in [1.29, 1.82) is 0 Å². The molecule has 2 unspecified atom stereocenters. The van der Waals surface area contributed by atoms with Crippen LogP contribution in [-0.4, -0.2) is 17.6 Å². The molecule has 0 saturated carbocycles. The van der Waals surface area contributed by atoms with Crippen LogP contribution < -0.4 is 5.73 Å². The standard InChI is InChI=1S/C17H15F4NO2/c18-14-4-2-1-3-12(14)15(16(23)24)13(9-22)10-5-7-11(8-6-10)17(19,20)21/h1-8,13,15H,9,22H2,(H,23,24). The molecule has 128 valence electrons. The number of benzene rings is 2. The van der Waals surface area contributed by atoms with Gasteiger partial charge in [0.2, 0.25) is 0 Å². The lowest BCUT2D eigenvalue weighted by atomic mass is 9.81. The van der Waals surface area contributed by atoms with E-state index in [1.54, 1.807) is 0 Å². The van der Waals surface area contributed by atoms with E-state index in [9.17, 15) is 27.5 Å². The molecule has 3 N–H and O–H groups in total. The van der Waals surface area contributed by atoms with Crippen LogP contribution >= 0.6 is 0 Å². The molecule has 2 aromatic rings. The molecule has 0 aliphatic heterocycles. The van der Waals surface area contributed by atoms with Crippen LogP contribution in [0.3, 0.4) is 0 Å². The topological polar surface area (TPSA) is 63.3 Å². The maximum Gasteiger partial charge on any atom is 0.416 e. The van der Waals surface area contributed by atoms with Gasteiger partial charge in [0.15, 0.2) is 0 Å². The highest BCUT2D eigenvalue weighted by Gasteiger charge is 2.34. The number of rotatable bonds is 5. The fourth-order valence-electron chi connectivity index (χ4n) is 2.63. The molecule has 0 amide bonds. The highest BCUT2D eigenvalue weighted by Crippen LogP contribution is 2.36. The smallest absolute Gasteiger partial charge is 0.416 e. The van der Waals surface area contributed by atoms with Gasteiger partial charge in [0.25, 0.3) is 0 Å². The summed E-state index contributed by atoms with van der Waals surface area (Å²) >= 11 is 0. The maximum atomic E-state index is 14.0. The second kappa shape index (κ2) is 7.00. The molecule has 24 heavy (non-hydrogen) atoms. The summed E-state index contributed by atoms with van der Waals surface area (Å²) in [5.41, 5.74) is 5.05. The third kappa shape index (κ3) is 3.73. The zero-order valence-electron chi connectivity index (χ0n) is 12.4. The van der Waals surface area contributed by atoms with Crippen molar-refractivity contribution >= 4 is 5.97 Å². The Morgan fingerprint density at radius 2 is 1.67 bits per heavy atom. The minimum atomic E-state index is -4.49. The lowest BCUT2D eigenvalue weighted by Gasteiger charge is -2.24. The molecule has 2 aromatic carbocycles. The van der Waals surface area contributed by atoms with E-state index in [0.29, 0.717) is 5.56 Å². The minimum absolute atomic E-state index is 0.0552. The third-order valence-corrected chi connectivity index (χ3v) is 3.83. The highest BCUT2D eigenvalue weighted by atomic mass is 19.4. The summed E-state index contributed by atoms with van der Waals surface area (Å²) in [6.45, 7) is -0.156. The van der Waals surface area contributed by atoms with E-state index in [-0.39, 0.29) is 12.1 Å². The van der Waals surface area contributed by atoms with E-state index < -0.39 is 35.4 Å². The Kier molecular flexibility index (Phi) is 5.23. The average Bonchev–Trinajstić information content (AvgIpc) is 2.52. The van der Waals surface area contributed by atoms with Crippen molar-refractivity contribution in [3.05, 3.63) is 71.0 Å². The van der Waals surface area contributed by atoms with Crippen LogP contribution in [0.15, 0.2) is 48.5 Å². The fraction of sp³-hybridized carbons (Fsp3) is 0.235. The van der Waals surface area contributed by atoms with Crippen molar-refractivity contribution < 1.29 is 27.5 Å². The zero-order valence-corrected chi connectivity index (χ0v) is 12.4. The van der Waals surface area contributed by atoms with Crippen LogP contribution in [0.4, 0.5) is 17.6 Å². The first-order valence-electron chi connectivity index (χ1n) is 7.10. The van der Waals surface area contributed by atoms with Crippen molar-refractivity contribution in [3.8, 4) is 0 Å². The number of carboxylic acid groups (broad SMARTS) is 1. The van der Waals surface area contributed by atoms with Gasteiger partial charge in [-0.15, -0.1) is 0 Å². The van der Waals surface area contributed by atoms with Gasteiger partial charge in [-0.05, 0) is 23.8 Å². The summed E-state index contributed by atoms with van der Waals surface area (Å²) in [6, 6.07) is 9.46. The van der Waals surface area contributed by atoms with Gasteiger partial charge in [-0.3, -0.25) is 4.79 Å². The van der Waals surface area contributed by atoms with Crippen molar-refractivity contribution in [3.63, 3.8) is 0 Å². The molecule has 0 bridgehead atoms. The Balaban J connectivity index is 2.44. The van der Waals surface area contributed by atoms with E-state index in [2.05, 4.69) is 0 Å². The normalized spacial score (nSPS) is 14.2. The van der Waals surface area contributed by atoms with E-state index in [0.717, 1.165) is 18.2 Å². The molecule has 0 radical (unpaired) electrons. The Hall–Kier alpha value is -2.41. The number of hydrogen-bond acceptors (Lipinski definition) is 2. The second-order valence-electron chi connectivity index (χ2n) is 5.30. The number of alkyl halides is 3. The van der Waals surface area contributed by atoms with Crippen molar-refractivity contribution in [2.24, 2.45) is 5.73 Å². The summed E-state index contributed by atoms with van der Waals surface area (Å²) in [7, 11) is 0. The quantitative estimate of drug-likeness (QED) is 0.814. The van der Waals surface area contributed by atoms with Gasteiger partial charge in [0, 0.05) is 18.0 Å². The number of carboxylic acids is 1. The van der Waals surface area contributed by atoms with Gasteiger partial charge in [-0.2, -0.15) is 13.2 Å². The minimum Gasteiger partial charge on any atom is -0.481 e. The molecule has 2 rings (SSSR count). The van der Waals surface area contributed by atoms with Gasteiger partial charge in [0.05, 0.1) is 11.5 Å². The van der Waals surface area contributed by atoms with Gasteiger partial charge < -0.3 is 10.8 Å². The summed E-state index contributed by atoms with van der Waals surface area (Å²) in [5.74, 6) is -4.15. The molecule has 0 heterocycles. The third-order valence-electron chi connectivity index (χ3n) is 3.83. The van der Waals surface area contributed by atoms with Crippen LogP contribution in [0.1, 0.15) is 28.5 Å². The summed E-state index contributed by atoms with van der Waals surface area (Å²) in [4.78, 5) is 11.6. The van der Waals surface area contributed by atoms with E-state index in [1.165, 1.54) is 30.3 Å². The lowest BCUT2D eigenvalue weighted by Crippen LogP contribution is -2.27. The Morgan fingerprint density at radius 3 is 2.12 bits per heavy atom. The molecular formula is C17H15F4NO2. The van der Waals surface area contributed by atoms with Gasteiger partial charge >= 0.3 is 12.1 Å². The molecule has 0 fully saturated rings. The van der Waals surface area contributed by atoms with E-state index in [1.807, 2.05) is 0 Å². The first-order valence-corrected chi connectivity index (χ1v) is 7.10. The molecule has 0 aliphatic rings. The average molecular weight is 341 g/mol. The van der Waals surface area contributed by atoms with Gasteiger partial charge in [-0.1, -0.05) is 30.3 Å². The summed E-state index contributed by atoms with van der Waals surface area (Å²) < 4.78 is 51.9. The van der Waals surface area contributed by atoms with Crippen LogP contribution in [0, 0.1) is 5.82 Å². The van der Waals surface area contributed by atoms with Gasteiger partial charge in [-0.25, -0.2) is 4.39 Å². The zero-order chi connectivity index (χ0) is 17.9. The van der Waals surface area contributed by atoms with Crippen LogP contribution in [0.25, 0.3) is 0 Å². The lowest BCUT2D eigenvalue weighted by molar-refractivity contribution is -0.140. The molecule has 0 spiro atoms. The molecule has 3 nitrogen and oxygen atoms in total. The Bertz CT molecular complexity index is 713. The predicted octanol–water partition coefficient (Wildman–Crippen LogP) is 3.76. The highest BCUT2D eigenvalue weighted by molar-refractivity contribution is 5.77. The number of halogens is 4. The summed E-state index contributed by atoms with van der Waals surface area (Å²) in [6.07, 6.45) is -4.49. The first kappa shape index (κ1) is 17.9. The van der Waals surface area contributed by atoms with Crippen molar-refractivity contribution in [1.82, 2.24) is 0 Å². The largest absolute Gasteiger partial charge is 0.481 e.